The molecule has 2 aromatic rings. The molecule has 0 unspecified atom stereocenters. The Labute approximate surface area is 109 Å². The van der Waals surface area contributed by atoms with Crippen LogP contribution < -0.4 is 0 Å². The minimum absolute atomic E-state index is 0.360. The quantitative estimate of drug-likeness (QED) is 0.801. The summed E-state index contributed by atoms with van der Waals surface area (Å²) in [5.41, 5.74) is 2.58. The van der Waals surface area contributed by atoms with Crippen molar-refractivity contribution in [3.8, 4) is 0 Å². The van der Waals surface area contributed by atoms with Gasteiger partial charge in [0.2, 0.25) is 0 Å². The van der Waals surface area contributed by atoms with Gasteiger partial charge >= 0.3 is 0 Å². The van der Waals surface area contributed by atoms with Crippen molar-refractivity contribution in [2.45, 2.75) is 25.8 Å². The fourth-order valence-corrected chi connectivity index (χ4v) is 2.10. The molecule has 2 rings (SSSR count). The predicted octanol–water partition coefficient (Wildman–Crippen LogP) is 2.01. The van der Waals surface area contributed by atoms with Crippen molar-refractivity contribution in [2.24, 2.45) is 7.05 Å². The number of halogens is 2. The maximum atomic E-state index is 6.25. The second-order valence-corrected chi connectivity index (χ2v) is 4.37. The van der Waals surface area contributed by atoms with Crippen molar-refractivity contribution in [1.82, 2.24) is 24.8 Å². The third-order valence-corrected chi connectivity index (χ3v) is 3.25. The minimum Gasteiger partial charge on any atom is -0.269 e. The largest absolute Gasteiger partial charge is 0.269 e. The average Bonchev–Trinajstić information content (AvgIpc) is 2.88. The zero-order chi connectivity index (χ0) is 12.4. The van der Waals surface area contributed by atoms with E-state index in [2.05, 4.69) is 15.4 Å². The number of alkyl halides is 1. The summed E-state index contributed by atoms with van der Waals surface area (Å²) in [7, 11) is 1.87. The molecule has 0 aromatic carbocycles. The Balaban J connectivity index is 2.26. The number of aryl methyl sites for hydroxylation is 2. The van der Waals surface area contributed by atoms with E-state index in [1.54, 1.807) is 9.36 Å². The van der Waals surface area contributed by atoms with Gasteiger partial charge in [0.05, 0.1) is 40.7 Å². The number of rotatable bonds is 4. The Morgan fingerprint density at radius 3 is 2.71 bits per heavy atom. The second kappa shape index (κ2) is 5.06. The molecule has 92 valence electrons. The standard InChI is InChI=1S/C10H13Cl2N5/c1-3-8-10(12)9(16(2)14-8)6-17-5-7(4-11)13-15-17/h5H,3-4,6H2,1-2H3. The van der Waals surface area contributed by atoms with E-state index in [9.17, 15) is 0 Å². The molecule has 0 aliphatic heterocycles. The lowest BCUT2D eigenvalue weighted by atomic mass is 10.3. The van der Waals surface area contributed by atoms with Crippen LogP contribution in [0.15, 0.2) is 6.20 Å². The molecule has 2 aromatic heterocycles. The Morgan fingerprint density at radius 1 is 1.41 bits per heavy atom. The number of hydrogen-bond acceptors (Lipinski definition) is 3. The highest BCUT2D eigenvalue weighted by molar-refractivity contribution is 6.31. The molecule has 0 aliphatic carbocycles. The summed E-state index contributed by atoms with van der Waals surface area (Å²) < 4.78 is 3.49. The maximum absolute atomic E-state index is 6.25. The summed E-state index contributed by atoms with van der Waals surface area (Å²) in [6.45, 7) is 2.57. The molecule has 0 fully saturated rings. The van der Waals surface area contributed by atoms with E-state index < -0.39 is 0 Å². The highest BCUT2D eigenvalue weighted by Crippen LogP contribution is 2.21. The van der Waals surface area contributed by atoms with Crippen LogP contribution in [0.3, 0.4) is 0 Å². The third kappa shape index (κ3) is 2.45. The van der Waals surface area contributed by atoms with Crippen LogP contribution >= 0.6 is 23.2 Å². The van der Waals surface area contributed by atoms with Gasteiger partial charge in [0, 0.05) is 7.05 Å². The van der Waals surface area contributed by atoms with E-state index in [0.717, 1.165) is 23.5 Å². The third-order valence-electron chi connectivity index (χ3n) is 2.54. The van der Waals surface area contributed by atoms with Gasteiger partial charge in [0.1, 0.15) is 0 Å². The maximum Gasteiger partial charge on any atom is 0.0974 e. The van der Waals surface area contributed by atoms with E-state index in [4.69, 9.17) is 23.2 Å². The average molecular weight is 274 g/mol. The van der Waals surface area contributed by atoms with Crippen molar-refractivity contribution in [3.63, 3.8) is 0 Å². The van der Waals surface area contributed by atoms with Gasteiger partial charge in [-0.05, 0) is 6.42 Å². The molecule has 0 saturated carbocycles. The summed E-state index contributed by atoms with van der Waals surface area (Å²) in [4.78, 5) is 0. The highest BCUT2D eigenvalue weighted by Gasteiger charge is 2.13. The summed E-state index contributed by atoms with van der Waals surface area (Å²) in [5, 5.41) is 13.0. The molecule has 17 heavy (non-hydrogen) atoms. The van der Waals surface area contributed by atoms with Gasteiger partial charge in [-0.25, -0.2) is 4.68 Å². The number of hydrogen-bond donors (Lipinski definition) is 0. The zero-order valence-electron chi connectivity index (χ0n) is 9.69. The van der Waals surface area contributed by atoms with Crippen molar-refractivity contribution >= 4 is 23.2 Å². The van der Waals surface area contributed by atoms with Crippen LogP contribution in [0.4, 0.5) is 0 Å². The van der Waals surface area contributed by atoms with E-state index in [1.165, 1.54) is 0 Å². The van der Waals surface area contributed by atoms with Gasteiger partial charge in [0.25, 0.3) is 0 Å². The van der Waals surface area contributed by atoms with E-state index in [-0.39, 0.29) is 0 Å². The second-order valence-electron chi connectivity index (χ2n) is 3.73. The first-order chi connectivity index (χ1) is 8.15. The summed E-state index contributed by atoms with van der Waals surface area (Å²) in [5.74, 6) is 0.360. The summed E-state index contributed by atoms with van der Waals surface area (Å²) in [6.07, 6.45) is 2.62. The molecule has 0 saturated heterocycles. The van der Waals surface area contributed by atoms with Crippen molar-refractivity contribution in [1.29, 1.82) is 0 Å². The van der Waals surface area contributed by atoms with E-state index >= 15 is 0 Å². The van der Waals surface area contributed by atoms with Crippen LogP contribution in [0.5, 0.6) is 0 Å². The fraction of sp³-hybridized carbons (Fsp3) is 0.500. The lowest BCUT2D eigenvalue weighted by Crippen LogP contribution is -2.06. The minimum atomic E-state index is 0.360. The summed E-state index contributed by atoms with van der Waals surface area (Å²) >= 11 is 11.9. The first-order valence-corrected chi connectivity index (χ1v) is 6.22. The topological polar surface area (TPSA) is 48.5 Å². The van der Waals surface area contributed by atoms with Gasteiger partial charge in [-0.3, -0.25) is 4.68 Å². The van der Waals surface area contributed by atoms with E-state index in [0.29, 0.717) is 17.4 Å². The molecule has 0 aliphatic rings. The molecule has 0 radical (unpaired) electrons. The summed E-state index contributed by atoms with van der Waals surface area (Å²) in [6, 6.07) is 0. The van der Waals surface area contributed by atoms with Crippen LogP contribution in [0.2, 0.25) is 5.02 Å². The highest BCUT2D eigenvalue weighted by atomic mass is 35.5. The molecule has 0 bridgehead atoms. The van der Waals surface area contributed by atoms with Gasteiger partial charge in [-0.1, -0.05) is 23.7 Å². The van der Waals surface area contributed by atoms with Crippen molar-refractivity contribution in [2.75, 3.05) is 0 Å². The van der Waals surface area contributed by atoms with Crippen molar-refractivity contribution in [3.05, 3.63) is 28.3 Å². The Hall–Kier alpha value is -1.07. The Bertz CT molecular complexity index is 517. The zero-order valence-corrected chi connectivity index (χ0v) is 11.2. The lowest BCUT2D eigenvalue weighted by Gasteiger charge is -2.01. The smallest absolute Gasteiger partial charge is 0.0974 e. The first-order valence-electron chi connectivity index (χ1n) is 5.31. The fourth-order valence-electron chi connectivity index (χ4n) is 1.62. The molecule has 0 atom stereocenters. The van der Waals surface area contributed by atoms with Gasteiger partial charge in [-0.2, -0.15) is 5.10 Å². The van der Waals surface area contributed by atoms with Crippen molar-refractivity contribution < 1.29 is 0 Å². The Kier molecular flexibility index (Phi) is 3.69. The lowest BCUT2D eigenvalue weighted by molar-refractivity contribution is 0.598. The van der Waals surface area contributed by atoms with E-state index in [1.807, 2.05) is 20.2 Å². The SMILES string of the molecule is CCc1nn(C)c(Cn2cc(CCl)nn2)c1Cl. The number of nitrogens with zero attached hydrogens (tertiary/aromatic N) is 5. The molecule has 7 heteroatoms. The molecule has 5 nitrogen and oxygen atoms in total. The molecule has 2 heterocycles. The normalized spacial score (nSPS) is 11.1. The van der Waals surface area contributed by atoms with Crippen LogP contribution in [-0.2, 0) is 25.9 Å². The van der Waals surface area contributed by atoms with Gasteiger partial charge in [0.15, 0.2) is 0 Å². The molecule has 0 N–H and O–H groups in total. The number of aromatic nitrogens is 5. The molecule has 0 amide bonds. The molecular formula is C10H13Cl2N5. The van der Waals surface area contributed by atoms with Gasteiger partial charge in [-0.15, -0.1) is 16.7 Å². The van der Waals surface area contributed by atoms with Crippen LogP contribution in [0.25, 0.3) is 0 Å². The Morgan fingerprint density at radius 2 is 2.18 bits per heavy atom. The van der Waals surface area contributed by atoms with Crippen LogP contribution in [0, 0.1) is 0 Å². The van der Waals surface area contributed by atoms with Gasteiger partial charge < -0.3 is 0 Å². The molecule has 0 spiro atoms. The predicted molar refractivity (Wildman–Crippen MR) is 66.3 cm³/mol. The molecular weight excluding hydrogens is 261 g/mol. The van der Waals surface area contributed by atoms with Crippen LogP contribution in [-0.4, -0.2) is 24.8 Å². The monoisotopic (exact) mass is 273 g/mol. The first kappa shape index (κ1) is 12.4. The van der Waals surface area contributed by atoms with Crippen LogP contribution in [0.1, 0.15) is 24.0 Å².